The van der Waals surface area contributed by atoms with Crippen molar-refractivity contribution in [3.63, 3.8) is 0 Å². The van der Waals surface area contributed by atoms with Crippen LogP contribution in [-0.4, -0.2) is 377 Å². The van der Waals surface area contributed by atoms with Gasteiger partial charge in [-0.05, 0) is 55.4 Å². The summed E-state index contributed by atoms with van der Waals surface area (Å²) in [5, 5.41) is 60.7. The zero-order valence-electron chi connectivity index (χ0n) is 95.9. The third kappa shape index (κ3) is 79.9. The van der Waals surface area contributed by atoms with E-state index in [-0.39, 0.29) is 290 Å². The van der Waals surface area contributed by atoms with E-state index in [0.29, 0.717) is 59.3 Å². The van der Waals surface area contributed by atoms with Gasteiger partial charge >= 0.3 is 5.97 Å². The van der Waals surface area contributed by atoms with Gasteiger partial charge in [0.1, 0.15) is 92.5 Å². The fourth-order valence-corrected chi connectivity index (χ4v) is 14.8. The van der Waals surface area contributed by atoms with Crippen LogP contribution in [0.2, 0.25) is 0 Å². The molecule has 2 aliphatic heterocycles. The highest BCUT2D eigenvalue weighted by Gasteiger charge is 2.41. The number of benzene rings is 2. The molecule has 9 N–H and O–H groups in total. The number of hydrogen-bond acceptors (Lipinski definition) is 33. The molecule has 2 saturated heterocycles. The molecule has 0 spiro atoms. The zero-order chi connectivity index (χ0) is 118. The highest BCUT2D eigenvalue weighted by atomic mass is 31.2. The summed E-state index contributed by atoms with van der Waals surface area (Å²) in [5.41, 5.74) is -2.88. The van der Waals surface area contributed by atoms with Crippen molar-refractivity contribution in [2.75, 3.05) is 286 Å². The van der Waals surface area contributed by atoms with Crippen molar-refractivity contribution in [3.05, 3.63) is 83.2 Å². The van der Waals surface area contributed by atoms with Crippen LogP contribution in [0.3, 0.4) is 0 Å². The second kappa shape index (κ2) is 106. The zero-order valence-corrected chi connectivity index (χ0v) is 89.7. The smallest absolute Gasteiger partial charge is 0.302 e. The number of esters is 1. The third-order valence-electron chi connectivity index (χ3n) is 18.3. The van der Waals surface area contributed by atoms with Crippen LogP contribution in [-0.2, 0) is 103 Å². The van der Waals surface area contributed by atoms with Gasteiger partial charge in [-0.15, -0.1) is 89.4 Å². The highest BCUT2D eigenvalue weighted by Crippen LogP contribution is 2.49. The fraction of sp³-hybridized carbons (Fsp3) is 0.646. The summed E-state index contributed by atoms with van der Waals surface area (Å²) in [6.45, 7) is 31.5. The summed E-state index contributed by atoms with van der Waals surface area (Å²) in [4.78, 5) is 14.2. The van der Waals surface area contributed by atoms with Gasteiger partial charge in [0.2, 0.25) is 12.3 Å². The summed E-state index contributed by atoms with van der Waals surface area (Å²) in [6.07, 6.45) is 66.8. The lowest BCUT2D eigenvalue weighted by Crippen LogP contribution is -2.46. The molecule has 2 aliphatic rings. The van der Waals surface area contributed by atoms with E-state index in [0.717, 1.165) is 11.1 Å². The Morgan fingerprint density at radius 3 is 0.913 bits per heavy atom. The fourth-order valence-electron chi connectivity index (χ4n) is 11.3. The third-order valence-corrected chi connectivity index (χ3v) is 22.4. The van der Waals surface area contributed by atoms with Gasteiger partial charge in [0.05, 0.1) is 187 Å². The van der Waals surface area contributed by atoms with Crippen LogP contribution in [0.5, 0.6) is 0 Å². The number of rotatable bonds is 65. The Hall–Kier alpha value is -8.70. The molecule has 0 bridgehead atoms. The van der Waals surface area contributed by atoms with E-state index >= 15 is 0 Å². The number of carbonyl (C=O) groups is 1. The van der Waals surface area contributed by atoms with Crippen molar-refractivity contribution < 1.29 is 155 Å². The average molecular weight is 2150 g/mol. The Morgan fingerprint density at radius 1 is 0.423 bits per heavy atom. The van der Waals surface area contributed by atoms with Crippen molar-refractivity contribution in [1.82, 2.24) is 9.34 Å². The van der Waals surface area contributed by atoms with Crippen LogP contribution in [0.1, 0.15) is 148 Å². The molecule has 0 saturated carbocycles. The Bertz CT molecular complexity index is 4040. The van der Waals surface area contributed by atoms with Gasteiger partial charge in [-0.1, -0.05) is 182 Å². The first-order valence-corrected chi connectivity index (χ1v) is 47.7. The Kier molecular flexibility index (Phi) is 102. The van der Waals surface area contributed by atoms with Crippen LogP contribution in [0.25, 0.3) is 4.85 Å². The van der Waals surface area contributed by atoms with Gasteiger partial charge in [0.25, 0.3) is 17.1 Å². The molecule has 2 atom stereocenters. The number of ether oxygens (including phenoxy) is 17. The maximum atomic E-state index is 10.8. The van der Waals surface area contributed by atoms with Crippen molar-refractivity contribution in [2.45, 2.75) is 156 Å². The SMILES string of the molecule is C.C.C.C#CCOCC(CO)(CO)COCC#C.C#CCOCC1(COCC#C)COC(c2ccccc2)OC1.OCC1(CO)COC(c2ccccc2)OC1.[2H]CC(COCC#C)(COCC#C)COC(C)=O.[2H]CC(COCC#C)(COCC#C)COP(OCCC#C)N(C(C)C)C(C)C.[2H]CC(COCC#C)(COCC#C)COP(OCC[N+]#[C-])N(C(C)C)C(C)C.[2H]OCC(CO)(COCC#C)COCC#C.[3H]C.[3H]OC.[3H]OC.[3H]OC. The molecule has 2 unspecified atom stereocenters. The molecule has 844 valence electrons. The summed E-state index contributed by atoms with van der Waals surface area (Å²) in [5.74, 6) is 30.7. The number of nitrogens with zero attached hydrogens (tertiary/aromatic N) is 3. The summed E-state index contributed by atoms with van der Waals surface area (Å²) in [6, 6.07) is 20.3. The topological polar surface area (TPSA) is 404 Å². The summed E-state index contributed by atoms with van der Waals surface area (Å²) < 4.78 is 173. The number of aliphatic hydroxyl groups excluding tert-OH is 9. The largest absolute Gasteiger partial charge is 0.465 e. The number of terminal acetylenes is 13. The van der Waals surface area contributed by atoms with Crippen LogP contribution in [0.15, 0.2) is 60.7 Å². The molecule has 2 aromatic carbocycles. The minimum atomic E-state index is -1.41. The molecule has 0 aromatic heterocycles. The molecule has 149 heavy (non-hydrogen) atoms. The Labute approximate surface area is 911 Å². The average Bonchev–Trinajstić information content (AvgIpc) is 0.822. The van der Waals surface area contributed by atoms with E-state index in [2.05, 4.69) is 167 Å². The molecular formula is C113H181N3O31P2. The van der Waals surface area contributed by atoms with Gasteiger partial charge in [-0.25, -0.2) is 15.9 Å². The number of aliphatic hydroxyl groups is 9. The molecule has 34 nitrogen and oxygen atoms in total. The standard InChI is InChI=1S/C21H34NO4P.C20H33N2O4P.C18H20O4.C13H18O4.C12H16O4.2C11H16O4.3CH4O.4CH4/c1-9-12-15-25-27(22(19(4)5)20(6)7)26-18-21(8,16-23-13-10-2)17-24-14-11-3;1-9-12-23-15-20(7,16-24-13-10-2)17-26-27(25-14-11-21-8)22(18(3)4)19(5)6;1-3-10-19-12-18(13-20-11-4-2)14-21-17(22-15-18)16-8-6-5-7-9-16;1-5-7-15-9-13(4,10-16-8-6-2)11-17-12(3)14;13-6-12(7-14)8-15-11(16-9-12)10-4-2-1-3-5-10;2*1-3-5-14-9-11(7-12,8-13)10-15-6-4-2;3*1-2;;;;/h1-3,19-20H,12-18H2,4-8H3;1-2,18-19H,11-17H2,3-7H3;1-2,5-9,17H,10-15H2;1-2H,7-11H2,3-4H3;1-5,11,13-14H,6-9H2;2*1-2,12-13H,5-10H2;3*2H,1H3;4*1H4/i8D;7D;;4D;;12D;;3*2T;1T;;;. The monoisotopic (exact) mass is 2150 g/mol. The molecule has 0 amide bonds. The second-order valence-electron chi connectivity index (χ2n) is 33.0. The predicted molar refractivity (Wildman–Crippen MR) is 589 cm³/mol. The van der Waals surface area contributed by atoms with Crippen molar-refractivity contribution >= 4 is 23.0 Å². The predicted octanol–water partition coefficient (Wildman–Crippen LogP) is 10.7. The van der Waals surface area contributed by atoms with Crippen LogP contribution in [0.4, 0.5) is 0 Å². The van der Waals surface area contributed by atoms with Gasteiger partial charge in [-0.3, -0.25) is 4.79 Å². The highest BCUT2D eigenvalue weighted by molar-refractivity contribution is 7.44. The first-order chi connectivity index (χ1) is 74.2. The van der Waals surface area contributed by atoms with Gasteiger partial charge < -0.3 is 149 Å². The molecule has 36 heteroatoms. The minimum Gasteiger partial charge on any atom is -0.465 e. The molecule has 2 aromatic rings. The summed E-state index contributed by atoms with van der Waals surface area (Å²) in [7, 11) is 2.36. The molecule has 4 rings (SSSR count). The van der Waals surface area contributed by atoms with Crippen LogP contribution >= 0.6 is 17.1 Å². The number of hydrogen-bond donors (Lipinski definition) is 9. The quantitative estimate of drug-likeness (QED) is 0.00976. The van der Waals surface area contributed by atoms with E-state index in [1.54, 1.807) is 0 Å². The Balaban J connectivity index is -0.000000199. The van der Waals surface area contributed by atoms with Crippen molar-refractivity contribution in [2.24, 2.45) is 37.9 Å². The molecule has 2 heterocycles. The molecular weight excluding hydrogens is 1960 g/mol. The van der Waals surface area contributed by atoms with E-state index in [1.165, 1.54) is 35.7 Å². The van der Waals surface area contributed by atoms with E-state index in [9.17, 15) is 20.1 Å². The minimum absolute atomic E-state index is 0. The Morgan fingerprint density at radius 2 is 0.678 bits per heavy atom. The lowest BCUT2D eigenvalue weighted by atomic mass is 9.91. The van der Waals surface area contributed by atoms with Gasteiger partial charge in [0.15, 0.2) is 12.6 Å². The van der Waals surface area contributed by atoms with Crippen LogP contribution in [0, 0.1) is 205 Å². The molecule has 0 aliphatic carbocycles. The van der Waals surface area contributed by atoms with Crippen molar-refractivity contribution in [3.8, 4) is 160 Å². The van der Waals surface area contributed by atoms with E-state index in [4.69, 9.17) is 210 Å². The first-order valence-electron chi connectivity index (χ1n) is 50.2. The lowest BCUT2D eigenvalue weighted by molar-refractivity contribution is -0.253. The van der Waals surface area contributed by atoms with Gasteiger partial charge in [-0.2, -0.15) is 0 Å². The van der Waals surface area contributed by atoms with Gasteiger partial charge in [0, 0.05) is 91.7 Å². The first kappa shape index (κ1) is 142. The van der Waals surface area contributed by atoms with Crippen LogP contribution < -0.4 is 0 Å². The summed E-state index contributed by atoms with van der Waals surface area (Å²) >= 11 is 0. The van der Waals surface area contributed by atoms with E-state index in [1.807, 2.05) is 60.7 Å². The molecule has 2 fully saturated rings. The van der Waals surface area contributed by atoms with E-state index < -0.39 is 61.8 Å². The normalized spacial score (nSPS) is 13.6. The van der Waals surface area contributed by atoms with Crippen molar-refractivity contribution in [1.29, 1.82) is 5.72 Å². The second-order valence-corrected chi connectivity index (χ2v) is 35.9. The molecule has 0 radical (unpaired) electrons. The maximum absolute atomic E-state index is 10.8. The number of carbonyl (C=O) groups excluding carboxylic acids is 1. The maximum Gasteiger partial charge on any atom is 0.302 e. The lowest BCUT2D eigenvalue weighted by Gasteiger charge is -2.39.